The molecule has 3 nitrogen and oxygen atoms in total. The van der Waals surface area contributed by atoms with Crippen molar-refractivity contribution in [1.29, 1.82) is 0 Å². The monoisotopic (exact) mass is 738 g/mol. The third kappa shape index (κ3) is 3.56. The Morgan fingerprint density at radius 2 is 1.16 bits per heavy atom. The van der Waals surface area contributed by atoms with Gasteiger partial charge in [-0.05, 0) is 72.3 Å². The average molecular weight is 739 g/mol. The molecule has 262 valence electrons. The van der Waals surface area contributed by atoms with Crippen molar-refractivity contribution in [3.8, 4) is 11.1 Å². The van der Waals surface area contributed by atoms with Crippen LogP contribution in [0.15, 0.2) is 192 Å². The topological polar surface area (TPSA) is 21.3 Å². The van der Waals surface area contributed by atoms with Crippen LogP contribution in [-0.4, -0.2) is 19.4 Å². The lowest BCUT2D eigenvalue weighted by molar-refractivity contribution is 0.669. The second-order valence-corrected chi connectivity index (χ2v) is 19.7. The van der Waals surface area contributed by atoms with Crippen LogP contribution in [0.25, 0.3) is 65.6 Å². The third-order valence-electron chi connectivity index (χ3n) is 13.4. The normalized spacial score (nSPS) is 14.4. The van der Waals surface area contributed by atoms with Gasteiger partial charge in [-0.2, -0.15) is 0 Å². The smallest absolute Gasteiger partial charge is 0.333 e. The fraction of sp³-hybridized carbons (Fsp3) is 0. The molecule has 0 amide bonds. The molecule has 0 atom stereocenters. The van der Waals surface area contributed by atoms with Crippen molar-refractivity contribution in [3.05, 3.63) is 188 Å². The predicted octanol–water partition coefficient (Wildman–Crippen LogP) is 8.96. The molecule has 3 aliphatic heterocycles. The Labute approximate surface area is 329 Å². The lowest BCUT2D eigenvalue weighted by atomic mass is 9.45. The van der Waals surface area contributed by atoms with E-state index in [4.69, 9.17) is 4.42 Å². The van der Waals surface area contributed by atoms with E-state index in [0.29, 0.717) is 0 Å². The van der Waals surface area contributed by atoms with E-state index in [2.05, 4.69) is 197 Å². The Hall–Kier alpha value is -7.08. The van der Waals surface area contributed by atoms with E-state index in [1.165, 1.54) is 97.8 Å². The largest absolute Gasteiger partial charge is 0.456 e. The fourth-order valence-electron chi connectivity index (χ4n) is 11.3. The van der Waals surface area contributed by atoms with Gasteiger partial charge in [-0.15, -0.1) is 0 Å². The molecule has 5 heteroatoms. The Morgan fingerprint density at radius 1 is 0.491 bits per heavy atom. The van der Waals surface area contributed by atoms with Crippen LogP contribution in [0.2, 0.25) is 0 Å². The molecule has 0 radical (unpaired) electrons. The molecule has 57 heavy (non-hydrogen) atoms. The zero-order valence-electron chi connectivity index (χ0n) is 30.8. The van der Waals surface area contributed by atoms with Gasteiger partial charge in [0.05, 0.1) is 0 Å². The molecule has 0 fully saturated rings. The molecule has 5 heterocycles. The van der Waals surface area contributed by atoms with Crippen molar-refractivity contribution >= 4 is 118 Å². The van der Waals surface area contributed by atoms with Gasteiger partial charge in [-0.3, -0.25) is 0 Å². The summed E-state index contributed by atoms with van der Waals surface area (Å²) in [5, 5.41) is 13.1. The summed E-state index contributed by atoms with van der Waals surface area (Å²) in [4.78, 5) is 2.62. The zero-order chi connectivity index (χ0) is 37.0. The van der Waals surface area contributed by atoms with Crippen molar-refractivity contribution in [2.45, 2.75) is 0 Å². The SMILES string of the molecule is c1ccc([Si]2(c3ccccc3)c3ccccc3N3c4cc5oc6ccccc6c5c5c4B(c4cccc2c43)n2c3cc4ccccc4cc3c3cccc-5c32)cc1. The quantitative estimate of drug-likeness (QED) is 0.165. The van der Waals surface area contributed by atoms with Gasteiger partial charge in [0.2, 0.25) is 0 Å². The van der Waals surface area contributed by atoms with Gasteiger partial charge in [-0.25, -0.2) is 0 Å². The number of fused-ring (bicyclic) bond motifs is 14. The highest BCUT2D eigenvalue weighted by Crippen LogP contribution is 2.50. The number of nitrogens with zero attached hydrogens (tertiary/aromatic N) is 2. The van der Waals surface area contributed by atoms with Crippen molar-refractivity contribution in [1.82, 2.24) is 4.48 Å². The maximum Gasteiger partial charge on any atom is 0.333 e. The highest BCUT2D eigenvalue weighted by atomic mass is 28.3. The number of furan rings is 1. The highest BCUT2D eigenvalue weighted by Gasteiger charge is 2.53. The van der Waals surface area contributed by atoms with E-state index in [9.17, 15) is 0 Å². The molecule has 3 aliphatic rings. The standard InChI is InChI=1S/C52H31BN2OSi/c1-3-17-34(18-4-1)57(35-19-5-2-6-20-35)46-27-12-10-25-41(46)54-43-31-45-48(37-21-9-11-26-44(37)56-45)49-38-23-13-22-36-39-29-32-15-7-8-16-33(32)30-42(39)55(51(36)38)53(50(43)49)40-24-14-28-47(57)52(40)54/h1-31H. The van der Waals surface area contributed by atoms with Crippen molar-refractivity contribution in [3.63, 3.8) is 0 Å². The fourth-order valence-corrected chi connectivity index (χ4v) is 16.4. The summed E-state index contributed by atoms with van der Waals surface area (Å²) < 4.78 is 9.59. The van der Waals surface area contributed by atoms with E-state index < -0.39 is 8.07 Å². The first-order valence-electron chi connectivity index (χ1n) is 19.9. The predicted molar refractivity (Wildman–Crippen MR) is 242 cm³/mol. The number of rotatable bonds is 2. The lowest BCUT2D eigenvalue weighted by Gasteiger charge is -2.49. The summed E-state index contributed by atoms with van der Waals surface area (Å²) in [6, 6.07) is 70.8. The van der Waals surface area contributed by atoms with Crippen LogP contribution in [0.1, 0.15) is 0 Å². The van der Waals surface area contributed by atoms with Gasteiger partial charge in [0, 0.05) is 61.3 Å². The van der Waals surface area contributed by atoms with E-state index in [1.807, 2.05) is 0 Å². The van der Waals surface area contributed by atoms with E-state index in [0.717, 1.165) is 16.6 Å². The Kier molecular flexibility index (Phi) is 5.62. The van der Waals surface area contributed by atoms with Crippen LogP contribution in [0.3, 0.4) is 0 Å². The molecule has 2 aromatic heterocycles. The molecule has 0 N–H and O–H groups in total. The first-order valence-corrected chi connectivity index (χ1v) is 21.9. The van der Waals surface area contributed by atoms with Gasteiger partial charge in [0.1, 0.15) is 11.2 Å². The first-order chi connectivity index (χ1) is 28.3. The van der Waals surface area contributed by atoms with Crippen LogP contribution >= 0.6 is 0 Å². The molecule has 11 aromatic rings. The molecule has 0 unspecified atom stereocenters. The molecule has 0 bridgehead atoms. The van der Waals surface area contributed by atoms with Crippen LogP contribution in [-0.2, 0) is 0 Å². The molecular weight excluding hydrogens is 707 g/mol. The molecule has 0 saturated heterocycles. The zero-order valence-corrected chi connectivity index (χ0v) is 31.8. The number of anilines is 3. The minimum atomic E-state index is -2.85. The number of aromatic nitrogens is 1. The van der Waals surface area contributed by atoms with Gasteiger partial charge in [0.15, 0.2) is 8.07 Å². The highest BCUT2D eigenvalue weighted by molar-refractivity contribution is 7.21. The number of hydrogen-bond donors (Lipinski definition) is 0. The molecular formula is C52H31BN2OSi. The van der Waals surface area contributed by atoms with E-state index in [1.54, 1.807) is 0 Å². The Bertz CT molecular complexity index is 3510. The summed E-state index contributed by atoms with van der Waals surface area (Å²) >= 11 is 0. The van der Waals surface area contributed by atoms with Gasteiger partial charge in [-0.1, -0.05) is 158 Å². The molecule has 0 spiro atoms. The minimum absolute atomic E-state index is 0.0705. The minimum Gasteiger partial charge on any atom is -0.456 e. The third-order valence-corrected chi connectivity index (χ3v) is 18.2. The molecule has 0 saturated carbocycles. The summed E-state index contributed by atoms with van der Waals surface area (Å²) in [6.45, 7) is -0.0705. The number of para-hydroxylation sites is 4. The number of hydrogen-bond acceptors (Lipinski definition) is 2. The Morgan fingerprint density at radius 3 is 1.98 bits per heavy atom. The summed E-state index contributed by atoms with van der Waals surface area (Å²) in [5.74, 6) is 0. The second-order valence-electron chi connectivity index (χ2n) is 15.9. The first kappa shape index (κ1) is 30.2. The summed E-state index contributed by atoms with van der Waals surface area (Å²) in [5.41, 5.74) is 13.4. The van der Waals surface area contributed by atoms with E-state index >= 15 is 0 Å². The maximum atomic E-state index is 6.89. The summed E-state index contributed by atoms with van der Waals surface area (Å²) in [6.07, 6.45) is 0. The second kappa shape index (κ2) is 10.6. The van der Waals surface area contributed by atoms with Gasteiger partial charge < -0.3 is 13.8 Å². The molecule has 0 aliphatic carbocycles. The Balaban J connectivity index is 1.22. The van der Waals surface area contributed by atoms with Crippen LogP contribution in [0.4, 0.5) is 17.1 Å². The summed E-state index contributed by atoms with van der Waals surface area (Å²) in [7, 11) is -2.85. The maximum absolute atomic E-state index is 6.89. The van der Waals surface area contributed by atoms with Crippen LogP contribution < -0.4 is 36.6 Å². The average Bonchev–Trinajstić information content (AvgIpc) is 3.81. The lowest BCUT2D eigenvalue weighted by Crippen LogP contribution is -2.78. The van der Waals surface area contributed by atoms with Crippen molar-refractivity contribution < 1.29 is 4.42 Å². The van der Waals surface area contributed by atoms with Crippen LogP contribution in [0, 0.1) is 0 Å². The van der Waals surface area contributed by atoms with Crippen molar-refractivity contribution in [2.75, 3.05) is 4.90 Å². The molecule has 9 aromatic carbocycles. The molecule has 14 rings (SSSR count). The van der Waals surface area contributed by atoms with Crippen molar-refractivity contribution in [2.24, 2.45) is 0 Å². The number of benzene rings is 9. The van der Waals surface area contributed by atoms with Gasteiger partial charge in [0.25, 0.3) is 0 Å². The van der Waals surface area contributed by atoms with E-state index in [-0.39, 0.29) is 6.85 Å². The van der Waals surface area contributed by atoms with Crippen LogP contribution in [0.5, 0.6) is 0 Å². The van der Waals surface area contributed by atoms with Gasteiger partial charge >= 0.3 is 6.85 Å².